The summed E-state index contributed by atoms with van der Waals surface area (Å²) in [5.74, 6) is 0. The zero-order chi connectivity index (χ0) is 23.8. The molecule has 1 aliphatic rings. The topological polar surface area (TPSA) is 49.2 Å². The Bertz CT molecular complexity index is 1300. The highest BCUT2D eigenvalue weighted by atomic mass is 32.1. The Labute approximate surface area is 205 Å². The van der Waals surface area contributed by atoms with E-state index in [9.17, 15) is 0 Å². The van der Waals surface area contributed by atoms with Crippen LogP contribution in [0.4, 0.5) is 11.4 Å². The predicted molar refractivity (Wildman–Crippen MR) is 142 cm³/mol. The second-order valence-corrected chi connectivity index (χ2v) is 9.17. The number of benzene rings is 1. The molecular formula is C27H28N6S. The minimum Gasteiger partial charge on any atom is -0.378 e. The molecule has 6 nitrogen and oxygen atoms in total. The van der Waals surface area contributed by atoms with Crippen LogP contribution < -0.4 is 15.1 Å². The third kappa shape index (κ3) is 3.82. The van der Waals surface area contributed by atoms with Crippen molar-refractivity contribution in [2.45, 2.75) is 25.9 Å². The summed E-state index contributed by atoms with van der Waals surface area (Å²) in [6.07, 6.45) is 5.54. The highest BCUT2D eigenvalue weighted by Crippen LogP contribution is 2.43. The van der Waals surface area contributed by atoms with Gasteiger partial charge in [0.1, 0.15) is 0 Å². The number of nitrogens with one attached hydrogen (secondary N) is 1. The van der Waals surface area contributed by atoms with E-state index in [-0.39, 0.29) is 12.1 Å². The molecule has 1 N–H and O–H groups in total. The predicted octanol–water partition coefficient (Wildman–Crippen LogP) is 5.13. The molecule has 7 heteroatoms. The van der Waals surface area contributed by atoms with Gasteiger partial charge in [-0.2, -0.15) is 0 Å². The molecule has 1 fully saturated rings. The molecule has 34 heavy (non-hydrogen) atoms. The van der Waals surface area contributed by atoms with Gasteiger partial charge in [-0.1, -0.05) is 6.07 Å². The Hall–Kier alpha value is -3.71. The maximum atomic E-state index is 5.90. The number of aromatic nitrogens is 3. The lowest BCUT2D eigenvalue weighted by Crippen LogP contribution is -2.29. The smallest absolute Gasteiger partial charge is 0.174 e. The summed E-state index contributed by atoms with van der Waals surface area (Å²) in [6, 6.07) is 20.7. The summed E-state index contributed by atoms with van der Waals surface area (Å²) in [5, 5.41) is 4.26. The Balaban J connectivity index is 1.65. The van der Waals surface area contributed by atoms with Crippen LogP contribution in [0.2, 0.25) is 0 Å². The van der Waals surface area contributed by atoms with E-state index >= 15 is 0 Å². The standard InChI is InChI=1S/C27H28N6S/c1-18-16-23(19(2)32(18)22-8-7-14-28-17-22)26-25(24-9-5-6-15-29-24)30-27(34)33(26)21-12-10-20(11-13-21)31(3)4/h5-17,25-26H,1-4H3,(H,30,34)/t25-,26+/m1/s1. The number of hydrogen-bond donors (Lipinski definition) is 1. The van der Waals surface area contributed by atoms with Gasteiger partial charge in [0, 0.05) is 49.3 Å². The molecule has 0 amide bonds. The largest absolute Gasteiger partial charge is 0.378 e. The molecule has 4 aromatic rings. The van der Waals surface area contributed by atoms with E-state index in [0.717, 1.165) is 34.1 Å². The molecule has 0 saturated carbocycles. The molecule has 0 aliphatic carbocycles. The third-order valence-corrected chi connectivity index (χ3v) is 6.75. The Morgan fingerprint density at radius 3 is 2.38 bits per heavy atom. The van der Waals surface area contributed by atoms with Crippen molar-refractivity contribution in [1.29, 1.82) is 0 Å². The first-order valence-electron chi connectivity index (χ1n) is 11.3. The van der Waals surface area contributed by atoms with E-state index in [0.29, 0.717) is 5.11 Å². The van der Waals surface area contributed by atoms with Crippen molar-refractivity contribution in [2.24, 2.45) is 0 Å². The molecule has 0 spiro atoms. The van der Waals surface area contributed by atoms with E-state index in [1.807, 2.05) is 44.7 Å². The van der Waals surface area contributed by atoms with Crippen LogP contribution >= 0.6 is 12.2 Å². The van der Waals surface area contributed by atoms with Crippen LogP contribution in [0.15, 0.2) is 79.3 Å². The molecule has 0 radical (unpaired) electrons. The van der Waals surface area contributed by atoms with Crippen molar-refractivity contribution >= 4 is 28.7 Å². The van der Waals surface area contributed by atoms with Crippen molar-refractivity contribution in [3.8, 4) is 5.69 Å². The summed E-state index contributed by atoms with van der Waals surface area (Å²) < 4.78 is 2.26. The fourth-order valence-electron chi connectivity index (χ4n) is 4.83. The van der Waals surface area contributed by atoms with Crippen molar-refractivity contribution in [1.82, 2.24) is 19.9 Å². The summed E-state index contributed by atoms with van der Waals surface area (Å²) in [4.78, 5) is 13.3. The number of pyridine rings is 2. The lowest BCUT2D eigenvalue weighted by molar-refractivity contribution is 0.565. The van der Waals surface area contributed by atoms with E-state index in [1.54, 1.807) is 6.20 Å². The number of anilines is 2. The first kappa shape index (κ1) is 22.1. The summed E-state index contributed by atoms with van der Waals surface area (Å²) in [7, 11) is 4.09. The van der Waals surface area contributed by atoms with Gasteiger partial charge in [0.05, 0.1) is 29.7 Å². The van der Waals surface area contributed by atoms with Gasteiger partial charge < -0.3 is 19.7 Å². The summed E-state index contributed by atoms with van der Waals surface area (Å²) in [5.41, 5.74) is 7.74. The average molecular weight is 469 g/mol. The Morgan fingerprint density at radius 2 is 1.74 bits per heavy atom. The zero-order valence-corrected chi connectivity index (χ0v) is 20.6. The van der Waals surface area contributed by atoms with Crippen molar-refractivity contribution in [2.75, 3.05) is 23.9 Å². The molecule has 1 aliphatic heterocycles. The van der Waals surface area contributed by atoms with E-state index < -0.39 is 0 Å². The highest BCUT2D eigenvalue weighted by molar-refractivity contribution is 7.80. The molecule has 172 valence electrons. The normalized spacial score (nSPS) is 17.6. The number of nitrogens with zero attached hydrogens (tertiary/aromatic N) is 5. The van der Waals surface area contributed by atoms with Crippen LogP contribution in [0.3, 0.4) is 0 Å². The van der Waals surface area contributed by atoms with Crippen LogP contribution in [0.5, 0.6) is 0 Å². The molecule has 0 bridgehead atoms. The van der Waals surface area contributed by atoms with Crippen LogP contribution in [0.25, 0.3) is 5.69 Å². The average Bonchev–Trinajstić information content (AvgIpc) is 3.35. The van der Waals surface area contributed by atoms with Crippen LogP contribution in [0, 0.1) is 13.8 Å². The van der Waals surface area contributed by atoms with Crippen molar-refractivity contribution < 1.29 is 0 Å². The maximum absolute atomic E-state index is 5.90. The zero-order valence-electron chi connectivity index (χ0n) is 19.8. The Kier molecular flexibility index (Phi) is 5.79. The minimum atomic E-state index is -0.0786. The number of thiocarbonyl (C=S) groups is 1. The monoisotopic (exact) mass is 468 g/mol. The van der Waals surface area contributed by atoms with Gasteiger partial charge in [0.25, 0.3) is 0 Å². The molecule has 2 atom stereocenters. The van der Waals surface area contributed by atoms with Gasteiger partial charge >= 0.3 is 0 Å². The number of rotatable bonds is 5. The maximum Gasteiger partial charge on any atom is 0.174 e. The minimum absolute atomic E-state index is 0.0516. The SMILES string of the molecule is Cc1cc([C@H]2[C@@H](c3ccccn3)NC(=S)N2c2ccc(N(C)C)cc2)c(C)n1-c1cccnc1. The van der Waals surface area contributed by atoms with Crippen LogP contribution in [-0.4, -0.2) is 33.7 Å². The van der Waals surface area contributed by atoms with E-state index in [4.69, 9.17) is 12.2 Å². The van der Waals surface area contributed by atoms with E-state index in [1.165, 1.54) is 5.56 Å². The second-order valence-electron chi connectivity index (χ2n) is 8.78. The summed E-state index contributed by atoms with van der Waals surface area (Å²) in [6.45, 7) is 4.30. The fraction of sp³-hybridized carbons (Fsp3) is 0.222. The van der Waals surface area contributed by atoms with Gasteiger partial charge in [-0.3, -0.25) is 9.97 Å². The molecule has 0 unspecified atom stereocenters. The molecule has 4 heterocycles. The Morgan fingerprint density at radius 1 is 0.941 bits per heavy atom. The van der Waals surface area contributed by atoms with Gasteiger partial charge in [0.15, 0.2) is 5.11 Å². The third-order valence-electron chi connectivity index (χ3n) is 6.44. The van der Waals surface area contributed by atoms with Gasteiger partial charge in [-0.25, -0.2) is 0 Å². The molecule has 1 aromatic carbocycles. The fourth-order valence-corrected chi connectivity index (χ4v) is 5.18. The second kappa shape index (κ2) is 8.91. The van der Waals surface area contributed by atoms with Crippen molar-refractivity contribution in [3.05, 3.63) is 102 Å². The quantitative estimate of drug-likeness (QED) is 0.410. The number of hydrogen-bond acceptors (Lipinski definition) is 4. The van der Waals surface area contributed by atoms with E-state index in [2.05, 4.69) is 86.0 Å². The molecular weight excluding hydrogens is 440 g/mol. The highest BCUT2D eigenvalue weighted by Gasteiger charge is 2.42. The first-order chi connectivity index (χ1) is 16.5. The first-order valence-corrected chi connectivity index (χ1v) is 11.7. The lowest BCUT2D eigenvalue weighted by atomic mass is 9.96. The summed E-state index contributed by atoms with van der Waals surface area (Å²) >= 11 is 5.90. The molecule has 1 saturated heterocycles. The van der Waals surface area contributed by atoms with Crippen molar-refractivity contribution in [3.63, 3.8) is 0 Å². The van der Waals surface area contributed by atoms with Crippen LogP contribution in [-0.2, 0) is 0 Å². The lowest BCUT2D eigenvalue weighted by Gasteiger charge is -2.28. The van der Waals surface area contributed by atoms with Crippen LogP contribution in [0.1, 0.15) is 34.7 Å². The van der Waals surface area contributed by atoms with Gasteiger partial charge in [0.2, 0.25) is 0 Å². The number of aryl methyl sites for hydroxylation is 1. The van der Waals surface area contributed by atoms with Gasteiger partial charge in [-0.15, -0.1) is 0 Å². The molecule has 3 aromatic heterocycles. The van der Waals surface area contributed by atoms with Gasteiger partial charge in [-0.05, 0) is 86.2 Å². The molecule has 5 rings (SSSR count).